The number of carbonyl (C=O) groups is 2. The van der Waals surface area contributed by atoms with Crippen LogP contribution in [0.1, 0.15) is 27.2 Å². The lowest BCUT2D eigenvalue weighted by Gasteiger charge is -2.12. The van der Waals surface area contributed by atoms with E-state index >= 15 is 0 Å². The molecule has 1 amide bonds. The van der Waals surface area contributed by atoms with Crippen molar-refractivity contribution in [2.75, 3.05) is 5.32 Å². The van der Waals surface area contributed by atoms with E-state index in [1.807, 2.05) is 61.7 Å². The SMILES string of the molecule is Cc1cc(Br)c(NC(=O)Cn2c(C)c(C=O)c3ccccc32)cc1C. The van der Waals surface area contributed by atoms with E-state index in [1.165, 1.54) is 0 Å². The summed E-state index contributed by atoms with van der Waals surface area (Å²) in [6.07, 6.45) is 0.853. The Balaban J connectivity index is 1.92. The summed E-state index contributed by atoms with van der Waals surface area (Å²) in [6.45, 7) is 6.06. The van der Waals surface area contributed by atoms with Crippen molar-refractivity contribution in [3.8, 4) is 0 Å². The molecule has 2 aromatic carbocycles. The monoisotopic (exact) mass is 398 g/mol. The fraction of sp³-hybridized carbons (Fsp3) is 0.200. The van der Waals surface area contributed by atoms with Gasteiger partial charge >= 0.3 is 0 Å². The molecule has 3 aromatic rings. The Morgan fingerprint density at radius 1 is 1.16 bits per heavy atom. The summed E-state index contributed by atoms with van der Waals surface area (Å²) >= 11 is 3.50. The lowest BCUT2D eigenvalue weighted by atomic mass is 10.1. The molecule has 0 fully saturated rings. The first-order valence-corrected chi connectivity index (χ1v) is 8.81. The molecule has 3 rings (SSSR count). The Bertz CT molecular complexity index is 989. The van der Waals surface area contributed by atoms with Crippen molar-refractivity contribution in [3.63, 3.8) is 0 Å². The highest BCUT2D eigenvalue weighted by Gasteiger charge is 2.16. The second-order valence-electron chi connectivity index (χ2n) is 6.18. The lowest BCUT2D eigenvalue weighted by molar-refractivity contribution is -0.116. The van der Waals surface area contributed by atoms with Crippen molar-refractivity contribution in [2.24, 2.45) is 0 Å². The molecule has 5 heteroatoms. The minimum absolute atomic E-state index is 0.134. The molecule has 0 saturated heterocycles. The van der Waals surface area contributed by atoms with E-state index in [4.69, 9.17) is 0 Å². The van der Waals surface area contributed by atoms with Gasteiger partial charge in [-0.15, -0.1) is 0 Å². The molecule has 1 heterocycles. The molecule has 0 atom stereocenters. The maximum absolute atomic E-state index is 12.6. The van der Waals surface area contributed by atoms with Gasteiger partial charge in [-0.2, -0.15) is 0 Å². The molecule has 0 saturated carbocycles. The number of nitrogens with one attached hydrogen (secondary N) is 1. The summed E-state index contributed by atoms with van der Waals surface area (Å²) in [4.78, 5) is 24.0. The third-order valence-corrected chi connectivity index (χ3v) is 5.21. The number of amides is 1. The van der Waals surface area contributed by atoms with E-state index < -0.39 is 0 Å². The first-order valence-electron chi connectivity index (χ1n) is 8.02. The van der Waals surface area contributed by atoms with E-state index in [0.717, 1.165) is 44.2 Å². The number of carbonyl (C=O) groups excluding carboxylic acids is 2. The number of benzene rings is 2. The normalized spacial score (nSPS) is 10.9. The number of hydrogen-bond donors (Lipinski definition) is 1. The Hall–Kier alpha value is -2.40. The van der Waals surface area contributed by atoms with Gasteiger partial charge in [0, 0.05) is 26.6 Å². The van der Waals surface area contributed by atoms with Crippen molar-refractivity contribution in [3.05, 3.63) is 63.3 Å². The van der Waals surface area contributed by atoms with Crippen molar-refractivity contribution >= 4 is 44.7 Å². The molecular formula is C20H19BrN2O2. The molecule has 0 unspecified atom stereocenters. The zero-order chi connectivity index (χ0) is 18.1. The molecular weight excluding hydrogens is 380 g/mol. The molecule has 0 aliphatic heterocycles. The first kappa shape index (κ1) is 17.4. The standard InChI is InChI=1S/C20H19BrN2O2/c1-12-8-17(21)18(9-13(12)2)22-20(25)10-23-14(3)16(11-24)15-6-4-5-7-19(15)23/h4-9,11H,10H2,1-3H3,(H,22,25). The number of halogens is 1. The maximum Gasteiger partial charge on any atom is 0.244 e. The highest BCUT2D eigenvalue weighted by atomic mass is 79.9. The predicted octanol–water partition coefficient (Wildman–Crippen LogP) is 4.78. The van der Waals surface area contributed by atoms with Crippen LogP contribution in [0.3, 0.4) is 0 Å². The third kappa shape index (κ3) is 3.24. The van der Waals surface area contributed by atoms with Gasteiger partial charge in [0.2, 0.25) is 5.91 Å². The van der Waals surface area contributed by atoms with Crippen molar-refractivity contribution in [1.82, 2.24) is 4.57 Å². The minimum Gasteiger partial charge on any atom is -0.335 e. The van der Waals surface area contributed by atoms with E-state index in [-0.39, 0.29) is 12.5 Å². The van der Waals surface area contributed by atoms with Gasteiger partial charge in [0.25, 0.3) is 0 Å². The highest BCUT2D eigenvalue weighted by Crippen LogP contribution is 2.27. The molecule has 0 aliphatic carbocycles. The zero-order valence-corrected chi connectivity index (χ0v) is 16.0. The zero-order valence-electron chi connectivity index (χ0n) is 14.4. The number of fused-ring (bicyclic) bond motifs is 1. The average molecular weight is 399 g/mol. The molecule has 1 N–H and O–H groups in total. The Labute approximate surface area is 155 Å². The number of anilines is 1. The van der Waals surface area contributed by atoms with Gasteiger partial charge in [-0.3, -0.25) is 9.59 Å². The Morgan fingerprint density at radius 3 is 2.56 bits per heavy atom. The maximum atomic E-state index is 12.6. The van der Waals surface area contributed by atoms with Gasteiger partial charge in [-0.25, -0.2) is 0 Å². The molecule has 25 heavy (non-hydrogen) atoms. The van der Waals surface area contributed by atoms with Gasteiger partial charge in [0.15, 0.2) is 6.29 Å². The van der Waals surface area contributed by atoms with Crippen molar-refractivity contribution < 1.29 is 9.59 Å². The van der Waals surface area contributed by atoms with Crippen molar-refractivity contribution in [1.29, 1.82) is 0 Å². The van der Waals surface area contributed by atoms with Crippen LogP contribution in [0.15, 0.2) is 40.9 Å². The van der Waals surface area contributed by atoms with Gasteiger partial charge in [0.1, 0.15) is 6.54 Å². The summed E-state index contributed by atoms with van der Waals surface area (Å²) in [5.74, 6) is -0.134. The number of hydrogen-bond acceptors (Lipinski definition) is 2. The summed E-state index contributed by atoms with van der Waals surface area (Å²) < 4.78 is 2.73. The van der Waals surface area contributed by atoms with Crippen LogP contribution in [0.5, 0.6) is 0 Å². The van der Waals surface area contributed by atoms with Crippen LogP contribution < -0.4 is 5.32 Å². The van der Waals surface area contributed by atoms with E-state index in [0.29, 0.717) is 5.56 Å². The highest BCUT2D eigenvalue weighted by molar-refractivity contribution is 9.10. The first-order chi connectivity index (χ1) is 11.9. The molecule has 0 spiro atoms. The largest absolute Gasteiger partial charge is 0.335 e. The molecule has 0 aliphatic rings. The lowest BCUT2D eigenvalue weighted by Crippen LogP contribution is -2.20. The number of aromatic nitrogens is 1. The summed E-state index contributed by atoms with van der Waals surface area (Å²) in [5.41, 5.74) is 5.34. The molecule has 4 nitrogen and oxygen atoms in total. The molecule has 1 aromatic heterocycles. The molecule has 128 valence electrons. The second-order valence-corrected chi connectivity index (χ2v) is 7.04. The van der Waals surface area contributed by atoms with Crippen LogP contribution in [0.4, 0.5) is 5.69 Å². The predicted molar refractivity (Wildman–Crippen MR) is 104 cm³/mol. The van der Waals surface area contributed by atoms with Crippen LogP contribution in [0.2, 0.25) is 0 Å². The van der Waals surface area contributed by atoms with E-state index in [9.17, 15) is 9.59 Å². The summed E-state index contributed by atoms with van der Waals surface area (Å²) in [7, 11) is 0. The van der Waals surface area contributed by atoms with Gasteiger partial charge in [0.05, 0.1) is 5.69 Å². The number of aryl methyl sites for hydroxylation is 2. The Morgan fingerprint density at radius 2 is 1.84 bits per heavy atom. The van der Waals surface area contributed by atoms with Crippen LogP contribution in [0, 0.1) is 20.8 Å². The quantitative estimate of drug-likeness (QED) is 0.642. The van der Waals surface area contributed by atoms with Crippen LogP contribution in [0.25, 0.3) is 10.9 Å². The van der Waals surface area contributed by atoms with Gasteiger partial charge < -0.3 is 9.88 Å². The van der Waals surface area contributed by atoms with E-state index in [1.54, 1.807) is 0 Å². The van der Waals surface area contributed by atoms with E-state index in [2.05, 4.69) is 21.2 Å². The van der Waals surface area contributed by atoms with Crippen LogP contribution in [-0.2, 0) is 11.3 Å². The van der Waals surface area contributed by atoms with Gasteiger partial charge in [-0.05, 0) is 66.0 Å². The number of rotatable bonds is 4. The minimum atomic E-state index is -0.134. The number of para-hydroxylation sites is 1. The average Bonchev–Trinajstić information content (AvgIpc) is 2.84. The number of aldehydes is 1. The molecule has 0 bridgehead atoms. The third-order valence-electron chi connectivity index (χ3n) is 4.56. The fourth-order valence-corrected chi connectivity index (χ4v) is 3.58. The summed E-state index contributed by atoms with van der Waals surface area (Å²) in [6, 6.07) is 11.6. The topological polar surface area (TPSA) is 51.1 Å². The van der Waals surface area contributed by atoms with Crippen molar-refractivity contribution in [2.45, 2.75) is 27.3 Å². The molecule has 0 radical (unpaired) electrons. The van der Waals surface area contributed by atoms with Gasteiger partial charge in [-0.1, -0.05) is 18.2 Å². The fourth-order valence-electron chi connectivity index (χ4n) is 3.02. The smallest absolute Gasteiger partial charge is 0.244 e. The van der Waals surface area contributed by atoms with Crippen LogP contribution in [-0.4, -0.2) is 16.8 Å². The van der Waals surface area contributed by atoms with Crippen LogP contribution >= 0.6 is 15.9 Å². The summed E-state index contributed by atoms with van der Waals surface area (Å²) in [5, 5.41) is 3.82. The second kappa shape index (κ2) is 6.84. The number of nitrogens with zero attached hydrogens (tertiary/aromatic N) is 1. The Kier molecular flexibility index (Phi) is 4.77.